The van der Waals surface area contributed by atoms with Crippen molar-refractivity contribution in [1.82, 2.24) is 10.9 Å². The molecular formula is C23H24N2O7. The summed E-state index contributed by atoms with van der Waals surface area (Å²) in [5.74, 6) is -1.26. The molecule has 0 radical (unpaired) electrons. The Bertz CT molecular complexity index is 1030. The van der Waals surface area contributed by atoms with Crippen molar-refractivity contribution < 1.29 is 33.4 Å². The Balaban J connectivity index is 1.34. The normalized spacial score (nSPS) is 14.2. The molecule has 1 aliphatic heterocycles. The highest BCUT2D eigenvalue weighted by molar-refractivity contribution is 5.97. The van der Waals surface area contributed by atoms with Crippen molar-refractivity contribution in [2.24, 2.45) is 0 Å². The average Bonchev–Trinajstić information content (AvgIpc) is 2.80. The number of hydrogen-bond acceptors (Lipinski definition) is 7. The first kappa shape index (κ1) is 22.8. The molecule has 2 amide bonds. The van der Waals surface area contributed by atoms with Crippen LogP contribution in [0.5, 0.6) is 11.5 Å². The first-order valence-corrected chi connectivity index (χ1v) is 10.1. The van der Waals surface area contributed by atoms with Crippen LogP contribution < -0.4 is 20.3 Å². The summed E-state index contributed by atoms with van der Waals surface area (Å²) < 4.78 is 15.8. The van der Waals surface area contributed by atoms with Crippen molar-refractivity contribution in [3.05, 3.63) is 59.2 Å². The fraction of sp³-hybridized carbons (Fsp3) is 0.304. The zero-order chi connectivity index (χ0) is 23.1. The maximum Gasteiger partial charge on any atom is 0.306 e. The number of carbonyl (C=O) groups excluding carboxylic acids is 4. The number of benzene rings is 2. The fourth-order valence-electron chi connectivity index (χ4n) is 2.89. The minimum atomic E-state index is -0.941. The van der Waals surface area contributed by atoms with Crippen molar-refractivity contribution >= 4 is 23.6 Å². The quantitative estimate of drug-likeness (QED) is 0.383. The van der Waals surface area contributed by atoms with Gasteiger partial charge in [-0.15, -0.1) is 0 Å². The number of Topliss-reactive ketones (excluding diaryl/α,β-unsaturated/α-hetero) is 1. The van der Waals surface area contributed by atoms with E-state index in [0.717, 1.165) is 11.1 Å². The summed E-state index contributed by atoms with van der Waals surface area (Å²) in [5, 5.41) is 0. The highest BCUT2D eigenvalue weighted by atomic mass is 16.6. The van der Waals surface area contributed by atoms with E-state index in [0.29, 0.717) is 17.1 Å². The molecule has 3 rings (SSSR count). The molecule has 0 aliphatic carbocycles. The second-order valence-electron chi connectivity index (χ2n) is 7.28. The molecule has 0 aromatic heterocycles. The minimum absolute atomic E-state index is 0.0117. The highest BCUT2D eigenvalue weighted by Crippen LogP contribution is 2.30. The predicted molar refractivity (Wildman–Crippen MR) is 113 cm³/mol. The zero-order valence-corrected chi connectivity index (χ0v) is 17.8. The topological polar surface area (TPSA) is 120 Å². The number of hydrazine groups is 1. The van der Waals surface area contributed by atoms with Gasteiger partial charge < -0.3 is 14.2 Å². The largest absolute Gasteiger partial charge is 0.485 e. The zero-order valence-electron chi connectivity index (χ0n) is 17.8. The van der Waals surface area contributed by atoms with Gasteiger partial charge in [-0.05, 0) is 43.2 Å². The van der Waals surface area contributed by atoms with Crippen molar-refractivity contribution in [2.75, 3.05) is 13.2 Å². The van der Waals surface area contributed by atoms with Crippen molar-refractivity contribution in [1.29, 1.82) is 0 Å². The molecule has 1 unspecified atom stereocenters. The number of ketones is 1. The third-order valence-corrected chi connectivity index (χ3v) is 4.88. The van der Waals surface area contributed by atoms with Crippen LogP contribution in [-0.4, -0.2) is 42.9 Å². The van der Waals surface area contributed by atoms with E-state index in [4.69, 9.17) is 14.2 Å². The van der Waals surface area contributed by atoms with Crippen LogP contribution in [0.1, 0.15) is 34.3 Å². The fourth-order valence-corrected chi connectivity index (χ4v) is 2.89. The van der Waals surface area contributed by atoms with Gasteiger partial charge in [-0.3, -0.25) is 30.0 Å². The summed E-state index contributed by atoms with van der Waals surface area (Å²) >= 11 is 0. The van der Waals surface area contributed by atoms with E-state index < -0.39 is 30.5 Å². The maximum atomic E-state index is 12.2. The second-order valence-corrected chi connectivity index (χ2v) is 7.28. The van der Waals surface area contributed by atoms with Gasteiger partial charge in [0.05, 0.1) is 6.42 Å². The molecule has 0 saturated heterocycles. The number of fused-ring (bicyclic) bond motifs is 1. The average molecular weight is 440 g/mol. The molecule has 2 N–H and O–H groups in total. The lowest BCUT2D eigenvalue weighted by atomic mass is 10.0. The summed E-state index contributed by atoms with van der Waals surface area (Å²) in [7, 11) is 0. The smallest absolute Gasteiger partial charge is 0.306 e. The summed E-state index contributed by atoms with van der Waals surface area (Å²) in [5.41, 5.74) is 6.94. The lowest BCUT2D eigenvalue weighted by Crippen LogP contribution is -2.51. The maximum absolute atomic E-state index is 12.2. The van der Waals surface area contributed by atoms with Gasteiger partial charge in [0.1, 0.15) is 6.61 Å². The molecule has 168 valence electrons. The van der Waals surface area contributed by atoms with Gasteiger partial charge in [-0.2, -0.15) is 0 Å². The number of esters is 1. The van der Waals surface area contributed by atoms with Gasteiger partial charge in [-0.1, -0.05) is 24.3 Å². The number of para-hydroxylation sites is 2. The van der Waals surface area contributed by atoms with Crippen LogP contribution in [0.3, 0.4) is 0 Å². The Morgan fingerprint density at radius 1 is 0.969 bits per heavy atom. The summed E-state index contributed by atoms with van der Waals surface area (Å²) in [4.78, 5) is 48.0. The minimum Gasteiger partial charge on any atom is -0.485 e. The molecule has 0 fully saturated rings. The Morgan fingerprint density at radius 2 is 1.72 bits per heavy atom. The number of nitrogens with one attached hydrogen (secondary N) is 2. The Hall–Kier alpha value is -3.88. The molecule has 1 atom stereocenters. The van der Waals surface area contributed by atoms with Gasteiger partial charge in [0, 0.05) is 12.0 Å². The van der Waals surface area contributed by atoms with Crippen LogP contribution in [-0.2, 0) is 19.1 Å². The van der Waals surface area contributed by atoms with Crippen LogP contribution in [0.4, 0.5) is 0 Å². The third-order valence-electron chi connectivity index (χ3n) is 4.88. The van der Waals surface area contributed by atoms with Crippen LogP contribution in [0, 0.1) is 13.8 Å². The number of carbonyl (C=O) groups is 4. The van der Waals surface area contributed by atoms with Gasteiger partial charge >= 0.3 is 5.97 Å². The summed E-state index contributed by atoms with van der Waals surface area (Å²) in [6.07, 6.45) is -1.12. The number of ether oxygens (including phenoxy) is 3. The molecule has 9 nitrogen and oxygen atoms in total. The first-order chi connectivity index (χ1) is 15.3. The molecule has 0 saturated carbocycles. The van der Waals surface area contributed by atoms with E-state index in [1.807, 2.05) is 19.9 Å². The van der Waals surface area contributed by atoms with E-state index >= 15 is 0 Å². The van der Waals surface area contributed by atoms with Gasteiger partial charge in [0.15, 0.2) is 23.9 Å². The standard InChI is InChI=1S/C23H24N2O7/c1-14-7-8-16(11-15(14)2)17(26)9-10-22(28)31-13-21(27)24-25-23(29)20-12-30-18-5-3-4-6-19(18)32-20/h3-8,11,20H,9-10,12-13H2,1-2H3,(H,24,27)(H,25,29). The first-order valence-electron chi connectivity index (χ1n) is 10.1. The lowest BCUT2D eigenvalue weighted by molar-refractivity contribution is -0.149. The van der Waals surface area contributed by atoms with Crippen molar-refractivity contribution in [3.63, 3.8) is 0 Å². The molecule has 9 heteroatoms. The van der Waals surface area contributed by atoms with E-state index in [1.54, 1.807) is 36.4 Å². The monoisotopic (exact) mass is 440 g/mol. The van der Waals surface area contributed by atoms with E-state index in [2.05, 4.69) is 10.9 Å². The van der Waals surface area contributed by atoms with E-state index in [1.165, 1.54) is 0 Å². The molecule has 2 aromatic carbocycles. The molecular weight excluding hydrogens is 416 g/mol. The van der Waals surface area contributed by atoms with Crippen LogP contribution in [0.15, 0.2) is 42.5 Å². The molecule has 1 aliphatic rings. The molecule has 0 spiro atoms. The molecule has 0 bridgehead atoms. The summed E-state index contributed by atoms with van der Waals surface area (Å²) in [6, 6.07) is 12.2. The van der Waals surface area contributed by atoms with E-state index in [-0.39, 0.29) is 25.2 Å². The Kier molecular flexibility index (Phi) is 7.43. The Labute approximate surface area is 185 Å². The van der Waals surface area contributed by atoms with Crippen LogP contribution in [0.25, 0.3) is 0 Å². The molecule has 1 heterocycles. The van der Waals surface area contributed by atoms with E-state index in [9.17, 15) is 19.2 Å². The third kappa shape index (κ3) is 6.07. The number of rotatable bonds is 7. The predicted octanol–water partition coefficient (Wildman–Crippen LogP) is 1.80. The summed E-state index contributed by atoms with van der Waals surface area (Å²) in [6.45, 7) is 3.25. The molecule has 32 heavy (non-hydrogen) atoms. The van der Waals surface area contributed by atoms with Crippen LogP contribution in [0.2, 0.25) is 0 Å². The Morgan fingerprint density at radius 3 is 2.47 bits per heavy atom. The number of aryl methyl sites for hydroxylation is 2. The van der Waals surface area contributed by atoms with Crippen LogP contribution >= 0.6 is 0 Å². The van der Waals surface area contributed by atoms with Gasteiger partial charge in [0.25, 0.3) is 11.8 Å². The number of amides is 2. The SMILES string of the molecule is Cc1ccc(C(=O)CCC(=O)OCC(=O)NNC(=O)C2COc3ccccc3O2)cc1C. The van der Waals surface area contributed by atoms with Crippen molar-refractivity contribution in [2.45, 2.75) is 32.8 Å². The lowest BCUT2D eigenvalue weighted by Gasteiger charge is -2.25. The highest BCUT2D eigenvalue weighted by Gasteiger charge is 2.27. The second kappa shape index (κ2) is 10.4. The van der Waals surface area contributed by atoms with Crippen molar-refractivity contribution in [3.8, 4) is 11.5 Å². The molecule has 2 aromatic rings. The number of hydrogen-bond donors (Lipinski definition) is 2. The van der Waals surface area contributed by atoms with Gasteiger partial charge in [-0.25, -0.2) is 0 Å². The van der Waals surface area contributed by atoms with Gasteiger partial charge in [0.2, 0.25) is 6.10 Å².